The van der Waals surface area contributed by atoms with Crippen LogP contribution in [0.25, 0.3) is 0 Å². The summed E-state index contributed by atoms with van der Waals surface area (Å²) in [6.07, 6.45) is 0. The van der Waals surface area contributed by atoms with Gasteiger partial charge in [0.05, 0.1) is 11.3 Å². The number of H-pyrrole nitrogens is 1. The summed E-state index contributed by atoms with van der Waals surface area (Å²) < 4.78 is 18.7. The molecule has 0 fully saturated rings. The zero-order valence-electron chi connectivity index (χ0n) is 11.2. The molecule has 2 aliphatic heterocycles. The highest BCUT2D eigenvalue weighted by Gasteiger charge is 2.40. The molecule has 0 bridgehead atoms. The summed E-state index contributed by atoms with van der Waals surface area (Å²) >= 11 is 0. The number of halogens is 1. The summed E-state index contributed by atoms with van der Waals surface area (Å²) in [6, 6.07) is 6.28. The smallest absolute Gasteiger partial charge is 0.337 e. The van der Waals surface area contributed by atoms with Crippen LogP contribution in [0, 0.1) is 12.7 Å². The molecule has 1 aromatic carbocycles. The van der Waals surface area contributed by atoms with Gasteiger partial charge in [0.2, 0.25) is 0 Å². The molecule has 1 aromatic heterocycles. The Kier molecular flexibility index (Phi) is 2.42. The molecule has 106 valence electrons. The Hall–Kier alpha value is -2.63. The number of nitrogens with one attached hydrogen (secondary N) is 2. The molecular formula is C15H12FN3O2. The predicted octanol–water partition coefficient (Wildman–Crippen LogP) is 2.23. The lowest BCUT2D eigenvalue weighted by Gasteiger charge is -2.24. The minimum atomic E-state index is -0.363. The average Bonchev–Trinajstić information content (AvgIpc) is 3.02. The topological polar surface area (TPSA) is 67.0 Å². The number of rotatable bonds is 1. The van der Waals surface area contributed by atoms with Crippen molar-refractivity contribution in [1.82, 2.24) is 10.2 Å². The molecule has 0 amide bonds. The molecule has 2 aliphatic rings. The number of hydrogen-bond acceptors (Lipinski definition) is 4. The Bertz CT molecular complexity index is 794. The maximum absolute atomic E-state index is 13.6. The highest BCUT2D eigenvalue weighted by Crippen LogP contribution is 2.44. The van der Waals surface area contributed by atoms with Gasteiger partial charge in [-0.05, 0) is 24.6 Å². The van der Waals surface area contributed by atoms with E-state index >= 15 is 0 Å². The lowest BCUT2D eigenvalue weighted by molar-refractivity contribution is -0.136. The van der Waals surface area contributed by atoms with E-state index < -0.39 is 0 Å². The van der Waals surface area contributed by atoms with Gasteiger partial charge in [-0.15, -0.1) is 0 Å². The van der Waals surface area contributed by atoms with Gasteiger partial charge in [0.15, 0.2) is 5.82 Å². The number of carbonyl (C=O) groups is 1. The van der Waals surface area contributed by atoms with Crippen LogP contribution in [-0.2, 0) is 9.53 Å². The third-order valence-corrected chi connectivity index (χ3v) is 3.92. The van der Waals surface area contributed by atoms with Gasteiger partial charge in [-0.2, -0.15) is 5.10 Å². The van der Waals surface area contributed by atoms with Gasteiger partial charge in [0, 0.05) is 17.2 Å². The third-order valence-electron chi connectivity index (χ3n) is 3.92. The summed E-state index contributed by atoms with van der Waals surface area (Å²) in [5.41, 5.74) is 3.66. The fourth-order valence-electron chi connectivity index (χ4n) is 3.00. The number of cyclic esters (lactones) is 1. The standard InChI is InChI=1S/C15H12FN3O2/c1-7-11-12(8-3-2-4-9(16)5-8)13-10(6-21-15(13)20)17-14(11)19-18-7/h2-5,12H,6H2,1H3,(H2,17,18,19). The number of fused-ring (bicyclic) bond motifs is 1. The van der Waals surface area contributed by atoms with E-state index in [1.807, 2.05) is 13.0 Å². The second kappa shape index (κ2) is 4.18. The van der Waals surface area contributed by atoms with E-state index in [1.54, 1.807) is 6.07 Å². The fraction of sp³-hybridized carbons (Fsp3) is 0.200. The van der Waals surface area contributed by atoms with Crippen LogP contribution >= 0.6 is 0 Å². The molecule has 0 saturated carbocycles. The highest BCUT2D eigenvalue weighted by atomic mass is 19.1. The Morgan fingerprint density at radius 3 is 3.10 bits per heavy atom. The van der Waals surface area contributed by atoms with Crippen molar-refractivity contribution in [3.8, 4) is 0 Å². The number of aromatic amines is 1. The summed E-state index contributed by atoms with van der Waals surface area (Å²) in [5.74, 6) is -0.389. The number of esters is 1. The molecular weight excluding hydrogens is 273 g/mol. The number of nitrogens with zero attached hydrogens (tertiary/aromatic N) is 1. The molecule has 4 rings (SSSR count). The molecule has 1 unspecified atom stereocenters. The van der Waals surface area contributed by atoms with Crippen LogP contribution in [0.1, 0.15) is 22.7 Å². The zero-order chi connectivity index (χ0) is 14.6. The van der Waals surface area contributed by atoms with E-state index in [4.69, 9.17) is 4.74 Å². The fourth-order valence-corrected chi connectivity index (χ4v) is 3.00. The van der Waals surface area contributed by atoms with Crippen LogP contribution in [0.15, 0.2) is 35.5 Å². The average molecular weight is 285 g/mol. The first-order valence-corrected chi connectivity index (χ1v) is 6.62. The van der Waals surface area contributed by atoms with E-state index in [-0.39, 0.29) is 24.3 Å². The minimum absolute atomic E-state index is 0.200. The molecule has 0 aliphatic carbocycles. The monoisotopic (exact) mass is 285 g/mol. The van der Waals surface area contributed by atoms with Crippen molar-refractivity contribution in [2.45, 2.75) is 12.8 Å². The highest BCUT2D eigenvalue weighted by molar-refractivity contribution is 5.97. The van der Waals surface area contributed by atoms with E-state index in [1.165, 1.54) is 12.1 Å². The quantitative estimate of drug-likeness (QED) is 0.788. The van der Waals surface area contributed by atoms with Gasteiger partial charge < -0.3 is 10.1 Å². The second-order valence-corrected chi connectivity index (χ2v) is 5.19. The van der Waals surface area contributed by atoms with Gasteiger partial charge in [0.25, 0.3) is 0 Å². The molecule has 0 radical (unpaired) electrons. The number of carbonyl (C=O) groups excluding carboxylic acids is 1. The van der Waals surface area contributed by atoms with E-state index in [9.17, 15) is 9.18 Å². The first-order valence-electron chi connectivity index (χ1n) is 6.62. The molecule has 2 aromatic rings. The normalized spacial score (nSPS) is 19.9. The third kappa shape index (κ3) is 1.68. The van der Waals surface area contributed by atoms with Crippen LogP contribution < -0.4 is 5.32 Å². The SMILES string of the molecule is Cc1[nH]nc2c1C(c1cccc(F)c1)C1=C(COC1=O)N2. The maximum atomic E-state index is 13.6. The van der Waals surface area contributed by atoms with Crippen LogP contribution in [0.2, 0.25) is 0 Å². The number of benzene rings is 1. The van der Waals surface area contributed by atoms with Crippen molar-refractivity contribution in [3.63, 3.8) is 0 Å². The Morgan fingerprint density at radius 2 is 2.29 bits per heavy atom. The van der Waals surface area contributed by atoms with Crippen molar-refractivity contribution in [1.29, 1.82) is 0 Å². The Balaban J connectivity index is 1.96. The maximum Gasteiger partial charge on any atom is 0.337 e. The van der Waals surface area contributed by atoms with Crippen LogP contribution in [0.4, 0.5) is 10.2 Å². The zero-order valence-corrected chi connectivity index (χ0v) is 11.2. The van der Waals surface area contributed by atoms with Crippen LogP contribution in [0.3, 0.4) is 0 Å². The number of anilines is 1. The lowest BCUT2D eigenvalue weighted by atomic mass is 9.82. The summed E-state index contributed by atoms with van der Waals surface area (Å²) in [4.78, 5) is 12.1. The molecule has 5 nitrogen and oxygen atoms in total. The van der Waals surface area contributed by atoms with Crippen molar-refractivity contribution in [2.75, 3.05) is 11.9 Å². The van der Waals surface area contributed by atoms with Crippen molar-refractivity contribution < 1.29 is 13.9 Å². The van der Waals surface area contributed by atoms with E-state index in [0.29, 0.717) is 22.7 Å². The van der Waals surface area contributed by atoms with Gasteiger partial charge >= 0.3 is 5.97 Å². The van der Waals surface area contributed by atoms with Crippen molar-refractivity contribution in [3.05, 3.63) is 58.2 Å². The molecule has 3 heterocycles. The van der Waals surface area contributed by atoms with E-state index in [2.05, 4.69) is 15.5 Å². The summed E-state index contributed by atoms with van der Waals surface area (Å²) in [7, 11) is 0. The molecule has 21 heavy (non-hydrogen) atoms. The first-order chi connectivity index (χ1) is 10.1. The molecule has 0 saturated heterocycles. The number of hydrogen-bond donors (Lipinski definition) is 2. The van der Waals surface area contributed by atoms with Gasteiger partial charge in [-0.1, -0.05) is 12.1 Å². The largest absolute Gasteiger partial charge is 0.456 e. The van der Waals surface area contributed by atoms with E-state index in [0.717, 1.165) is 11.3 Å². The van der Waals surface area contributed by atoms with Gasteiger partial charge in [-0.3, -0.25) is 5.10 Å². The Morgan fingerprint density at radius 1 is 1.43 bits per heavy atom. The Labute approximate surface area is 119 Å². The minimum Gasteiger partial charge on any atom is -0.456 e. The molecule has 2 N–H and O–H groups in total. The molecule has 1 atom stereocenters. The van der Waals surface area contributed by atoms with Crippen molar-refractivity contribution >= 4 is 11.8 Å². The van der Waals surface area contributed by atoms with Crippen molar-refractivity contribution in [2.24, 2.45) is 0 Å². The second-order valence-electron chi connectivity index (χ2n) is 5.19. The number of aromatic nitrogens is 2. The summed E-state index contributed by atoms with van der Waals surface area (Å²) in [6.45, 7) is 2.08. The van der Waals surface area contributed by atoms with Crippen LogP contribution in [0.5, 0.6) is 0 Å². The molecule has 6 heteroatoms. The van der Waals surface area contributed by atoms with Gasteiger partial charge in [0.1, 0.15) is 12.4 Å². The van der Waals surface area contributed by atoms with Gasteiger partial charge in [-0.25, -0.2) is 9.18 Å². The first kappa shape index (κ1) is 12.1. The van der Waals surface area contributed by atoms with Crippen LogP contribution in [-0.4, -0.2) is 22.8 Å². The number of aryl methyl sites for hydroxylation is 1. The number of ether oxygens (including phenoxy) is 1. The summed E-state index contributed by atoms with van der Waals surface area (Å²) in [5, 5.41) is 10.2. The predicted molar refractivity (Wildman–Crippen MR) is 73.2 cm³/mol. The lowest BCUT2D eigenvalue weighted by Crippen LogP contribution is -2.19. The molecule has 0 spiro atoms.